The minimum Gasteiger partial charge on any atom is -0.392 e. The van der Waals surface area contributed by atoms with Gasteiger partial charge in [0.1, 0.15) is 0 Å². The number of carbonyl (C=O) groups is 1. The van der Waals surface area contributed by atoms with Crippen molar-refractivity contribution < 1.29 is 19.2 Å². The number of carbonyl (C=O) groups excluding carboxylic acids is 1. The van der Waals surface area contributed by atoms with E-state index < -0.39 is 22.3 Å². The summed E-state index contributed by atoms with van der Waals surface area (Å²) in [5, 5.41) is 22.1. The molecule has 6 nitrogen and oxygen atoms in total. The minimum atomic E-state index is -0.996. The molecule has 2 rings (SSSR count). The molecular formula is C14H11FN2O4. The van der Waals surface area contributed by atoms with Crippen LogP contribution in [0.4, 0.5) is 15.8 Å². The van der Waals surface area contributed by atoms with Crippen LogP contribution in [0.2, 0.25) is 0 Å². The fourth-order valence-electron chi connectivity index (χ4n) is 1.69. The second-order valence-electron chi connectivity index (χ2n) is 4.23. The normalized spacial score (nSPS) is 10.2. The zero-order valence-corrected chi connectivity index (χ0v) is 10.7. The van der Waals surface area contributed by atoms with Gasteiger partial charge in [-0.15, -0.1) is 0 Å². The van der Waals surface area contributed by atoms with Crippen molar-refractivity contribution in [1.82, 2.24) is 0 Å². The van der Waals surface area contributed by atoms with E-state index in [1.165, 1.54) is 6.07 Å². The molecule has 21 heavy (non-hydrogen) atoms. The molecule has 0 unspecified atom stereocenters. The molecule has 0 aliphatic heterocycles. The summed E-state index contributed by atoms with van der Waals surface area (Å²) in [7, 11) is 0. The van der Waals surface area contributed by atoms with E-state index in [0.29, 0.717) is 11.3 Å². The summed E-state index contributed by atoms with van der Waals surface area (Å²) in [4.78, 5) is 21.7. The number of aliphatic hydroxyl groups excluding tert-OH is 1. The highest BCUT2D eigenvalue weighted by molar-refractivity contribution is 6.04. The molecule has 0 aliphatic carbocycles. The minimum absolute atomic E-state index is 0.0191. The first-order chi connectivity index (χ1) is 10.0. The van der Waals surface area contributed by atoms with E-state index in [4.69, 9.17) is 5.11 Å². The number of hydrogen-bond acceptors (Lipinski definition) is 4. The Bertz CT molecular complexity index is 686. The lowest BCUT2D eigenvalue weighted by Gasteiger charge is -2.06. The Hall–Kier alpha value is -2.80. The Morgan fingerprint density at radius 2 is 1.90 bits per heavy atom. The quantitative estimate of drug-likeness (QED) is 0.668. The Morgan fingerprint density at radius 3 is 2.48 bits per heavy atom. The third-order valence-electron chi connectivity index (χ3n) is 2.80. The first kappa shape index (κ1) is 14.6. The number of aliphatic hydroxyl groups is 1. The topological polar surface area (TPSA) is 92.5 Å². The van der Waals surface area contributed by atoms with Crippen molar-refractivity contribution in [2.75, 3.05) is 5.32 Å². The average Bonchev–Trinajstić information content (AvgIpc) is 2.48. The van der Waals surface area contributed by atoms with Crippen molar-refractivity contribution in [2.45, 2.75) is 6.61 Å². The maximum Gasteiger partial charge on any atom is 0.305 e. The monoisotopic (exact) mass is 290 g/mol. The molecule has 0 saturated heterocycles. The van der Waals surface area contributed by atoms with Gasteiger partial charge < -0.3 is 10.4 Å². The Morgan fingerprint density at radius 1 is 1.24 bits per heavy atom. The Labute approximate surface area is 119 Å². The highest BCUT2D eigenvalue weighted by Crippen LogP contribution is 2.19. The van der Waals surface area contributed by atoms with Crippen molar-refractivity contribution in [3.05, 3.63) is 69.5 Å². The first-order valence-electron chi connectivity index (χ1n) is 5.96. The number of anilines is 1. The lowest BCUT2D eigenvalue weighted by Crippen LogP contribution is -2.12. The number of nitrogens with one attached hydrogen (secondary N) is 1. The molecule has 2 aromatic carbocycles. The molecule has 0 bridgehead atoms. The summed E-state index contributed by atoms with van der Waals surface area (Å²) < 4.78 is 13.2. The van der Waals surface area contributed by atoms with E-state index in [-0.39, 0.29) is 12.2 Å². The molecule has 0 aromatic heterocycles. The fraction of sp³-hybridized carbons (Fsp3) is 0.0714. The van der Waals surface area contributed by atoms with Gasteiger partial charge in [-0.3, -0.25) is 14.9 Å². The third-order valence-corrected chi connectivity index (χ3v) is 2.80. The smallest absolute Gasteiger partial charge is 0.305 e. The van der Waals surface area contributed by atoms with Crippen molar-refractivity contribution in [3.8, 4) is 0 Å². The van der Waals surface area contributed by atoms with Crippen LogP contribution in [0, 0.1) is 15.9 Å². The second-order valence-corrected chi connectivity index (χ2v) is 4.23. The highest BCUT2D eigenvalue weighted by atomic mass is 19.1. The lowest BCUT2D eigenvalue weighted by atomic mass is 10.1. The van der Waals surface area contributed by atoms with Gasteiger partial charge in [0.2, 0.25) is 5.82 Å². The van der Waals surface area contributed by atoms with E-state index in [2.05, 4.69) is 5.32 Å². The molecule has 0 saturated carbocycles. The number of nitro groups is 1. The van der Waals surface area contributed by atoms with Crippen molar-refractivity contribution in [1.29, 1.82) is 0 Å². The van der Waals surface area contributed by atoms with Gasteiger partial charge in [0.05, 0.1) is 11.5 Å². The molecular weight excluding hydrogens is 279 g/mol. The van der Waals surface area contributed by atoms with E-state index in [0.717, 1.165) is 12.1 Å². The highest BCUT2D eigenvalue weighted by Gasteiger charge is 2.17. The van der Waals surface area contributed by atoms with Gasteiger partial charge in [0.15, 0.2) is 0 Å². The Balaban J connectivity index is 2.19. The largest absolute Gasteiger partial charge is 0.392 e. The lowest BCUT2D eigenvalue weighted by molar-refractivity contribution is -0.387. The van der Waals surface area contributed by atoms with Gasteiger partial charge in [0, 0.05) is 17.3 Å². The molecule has 0 atom stereocenters. The summed E-state index contributed by atoms with van der Waals surface area (Å²) >= 11 is 0. The van der Waals surface area contributed by atoms with Gasteiger partial charge in [-0.1, -0.05) is 12.1 Å². The fourth-order valence-corrected chi connectivity index (χ4v) is 1.69. The van der Waals surface area contributed by atoms with Gasteiger partial charge in [-0.2, -0.15) is 4.39 Å². The molecule has 0 heterocycles. The summed E-state index contributed by atoms with van der Waals surface area (Å²) in [6, 6.07) is 9.35. The van der Waals surface area contributed by atoms with Gasteiger partial charge in [0.25, 0.3) is 5.91 Å². The molecule has 2 N–H and O–H groups in total. The van der Waals surface area contributed by atoms with Crippen LogP contribution >= 0.6 is 0 Å². The number of hydrogen-bond donors (Lipinski definition) is 2. The van der Waals surface area contributed by atoms with Crippen LogP contribution in [0.5, 0.6) is 0 Å². The van der Waals surface area contributed by atoms with Crippen LogP contribution in [-0.2, 0) is 6.61 Å². The molecule has 0 spiro atoms. The summed E-state index contributed by atoms with van der Waals surface area (Å²) in [5.74, 6) is -1.58. The number of nitrogens with zero attached hydrogens (tertiary/aromatic N) is 1. The number of rotatable bonds is 4. The predicted octanol–water partition coefficient (Wildman–Crippen LogP) is 2.48. The molecule has 0 fully saturated rings. The summed E-state index contributed by atoms with van der Waals surface area (Å²) in [6.07, 6.45) is 0. The van der Waals surface area contributed by atoms with Crippen LogP contribution in [0.15, 0.2) is 42.5 Å². The van der Waals surface area contributed by atoms with Crippen LogP contribution in [0.1, 0.15) is 15.9 Å². The molecule has 1 amide bonds. The Kier molecular flexibility index (Phi) is 4.24. The van der Waals surface area contributed by atoms with Gasteiger partial charge in [-0.05, 0) is 29.8 Å². The van der Waals surface area contributed by atoms with E-state index in [1.807, 2.05) is 0 Å². The summed E-state index contributed by atoms with van der Waals surface area (Å²) in [6.45, 7) is -0.113. The third kappa shape index (κ3) is 3.40. The van der Waals surface area contributed by atoms with E-state index in [1.54, 1.807) is 24.3 Å². The number of benzene rings is 2. The van der Waals surface area contributed by atoms with Crippen molar-refractivity contribution in [3.63, 3.8) is 0 Å². The number of nitro benzene ring substituents is 1. The van der Waals surface area contributed by atoms with Crippen molar-refractivity contribution >= 4 is 17.3 Å². The van der Waals surface area contributed by atoms with Crippen molar-refractivity contribution in [2.24, 2.45) is 0 Å². The first-order valence-corrected chi connectivity index (χ1v) is 5.96. The van der Waals surface area contributed by atoms with E-state index in [9.17, 15) is 19.3 Å². The zero-order valence-electron chi connectivity index (χ0n) is 10.7. The van der Waals surface area contributed by atoms with E-state index >= 15 is 0 Å². The van der Waals surface area contributed by atoms with Gasteiger partial charge in [-0.25, -0.2) is 0 Å². The SMILES string of the molecule is O=C(Nc1ccc(CO)cc1)c1ccc(F)c([N+](=O)[O-])c1. The van der Waals surface area contributed by atoms with Crippen LogP contribution in [0.3, 0.4) is 0 Å². The zero-order chi connectivity index (χ0) is 15.4. The maximum absolute atomic E-state index is 13.2. The number of halogens is 1. The molecule has 0 aliphatic rings. The summed E-state index contributed by atoms with van der Waals surface area (Å²) in [5.41, 5.74) is 0.377. The average molecular weight is 290 g/mol. The molecule has 2 aromatic rings. The predicted molar refractivity (Wildman–Crippen MR) is 73.4 cm³/mol. The molecule has 7 heteroatoms. The van der Waals surface area contributed by atoms with Gasteiger partial charge >= 0.3 is 5.69 Å². The molecule has 108 valence electrons. The number of amides is 1. The van der Waals surface area contributed by atoms with Crippen LogP contribution in [0.25, 0.3) is 0 Å². The second kappa shape index (κ2) is 6.10. The molecule has 0 radical (unpaired) electrons. The van der Waals surface area contributed by atoms with Crippen LogP contribution < -0.4 is 5.32 Å². The maximum atomic E-state index is 13.2. The van der Waals surface area contributed by atoms with Crippen LogP contribution in [-0.4, -0.2) is 15.9 Å². The standard InChI is InChI=1S/C14H11FN2O4/c15-12-6-3-10(7-13(12)17(20)21)14(19)16-11-4-1-9(8-18)2-5-11/h1-7,18H,8H2,(H,16,19).